The predicted octanol–water partition coefficient (Wildman–Crippen LogP) is 1.59. The van der Waals surface area contributed by atoms with Gasteiger partial charge in [0, 0.05) is 6.54 Å². The third-order valence-electron chi connectivity index (χ3n) is 2.97. The molecular weight excluding hydrogens is 303 g/mol. The summed E-state index contributed by atoms with van der Waals surface area (Å²) in [7, 11) is 0. The van der Waals surface area contributed by atoms with E-state index in [9.17, 15) is 14.0 Å². The lowest BCUT2D eigenvalue weighted by Crippen LogP contribution is -2.38. The molecule has 1 aromatic carbocycles. The van der Waals surface area contributed by atoms with Crippen molar-refractivity contribution in [1.82, 2.24) is 19.9 Å². The topological polar surface area (TPSA) is 88.3 Å². The number of aromatic nitrogens is 3. The summed E-state index contributed by atoms with van der Waals surface area (Å²) in [6.45, 7) is 3.67. The van der Waals surface area contributed by atoms with E-state index in [0.717, 1.165) is 0 Å². The molecule has 0 spiro atoms. The standard InChI is InChI=1S/C15H17FN4O3/c1-10(2)8-19(9-14(21)22)15(23)13-7-17-20(18-13)12-5-3-11(16)4-6-12/h3-7,10H,8-9H2,1-2H3,(H,21,22). The molecule has 0 unspecified atom stereocenters. The van der Waals surface area contributed by atoms with Crippen LogP contribution in [0.15, 0.2) is 30.5 Å². The Kier molecular flexibility index (Phi) is 5.05. The maximum atomic E-state index is 12.9. The van der Waals surface area contributed by atoms with Crippen LogP contribution in [0.4, 0.5) is 4.39 Å². The summed E-state index contributed by atoms with van der Waals surface area (Å²) in [6, 6.07) is 5.48. The molecule has 0 saturated carbocycles. The van der Waals surface area contributed by atoms with Crippen LogP contribution in [-0.2, 0) is 4.79 Å². The van der Waals surface area contributed by atoms with Gasteiger partial charge >= 0.3 is 5.97 Å². The van der Waals surface area contributed by atoms with Gasteiger partial charge in [-0.05, 0) is 30.2 Å². The second-order valence-corrected chi connectivity index (χ2v) is 5.47. The molecule has 0 atom stereocenters. The fraction of sp³-hybridized carbons (Fsp3) is 0.333. The number of carboxylic acid groups (broad SMARTS) is 1. The highest BCUT2D eigenvalue weighted by molar-refractivity contribution is 5.93. The largest absolute Gasteiger partial charge is 0.480 e. The smallest absolute Gasteiger partial charge is 0.323 e. The molecule has 0 saturated heterocycles. The van der Waals surface area contributed by atoms with Crippen LogP contribution in [0.5, 0.6) is 0 Å². The van der Waals surface area contributed by atoms with Crippen molar-refractivity contribution < 1.29 is 19.1 Å². The fourth-order valence-corrected chi connectivity index (χ4v) is 2.05. The zero-order valence-electron chi connectivity index (χ0n) is 12.8. The number of hydrogen-bond donors (Lipinski definition) is 1. The summed E-state index contributed by atoms with van der Waals surface area (Å²) in [4.78, 5) is 25.7. The first kappa shape index (κ1) is 16.6. The number of carbonyl (C=O) groups is 2. The molecule has 2 aromatic rings. The number of nitrogens with zero attached hydrogens (tertiary/aromatic N) is 4. The second-order valence-electron chi connectivity index (χ2n) is 5.47. The summed E-state index contributed by atoms with van der Waals surface area (Å²) in [5.74, 6) is -1.87. The average molecular weight is 320 g/mol. The van der Waals surface area contributed by atoms with Crippen molar-refractivity contribution in [2.24, 2.45) is 5.92 Å². The number of benzene rings is 1. The number of carbonyl (C=O) groups excluding carboxylic acids is 1. The molecule has 122 valence electrons. The van der Waals surface area contributed by atoms with Gasteiger partial charge in [-0.1, -0.05) is 13.8 Å². The Morgan fingerprint density at radius 2 is 1.96 bits per heavy atom. The highest BCUT2D eigenvalue weighted by Gasteiger charge is 2.22. The van der Waals surface area contributed by atoms with Crippen molar-refractivity contribution >= 4 is 11.9 Å². The number of carboxylic acids is 1. The van der Waals surface area contributed by atoms with Crippen LogP contribution in [0, 0.1) is 11.7 Å². The third-order valence-corrected chi connectivity index (χ3v) is 2.97. The molecule has 0 bridgehead atoms. The normalized spacial score (nSPS) is 10.8. The maximum absolute atomic E-state index is 12.9. The van der Waals surface area contributed by atoms with Gasteiger partial charge in [0.1, 0.15) is 12.4 Å². The van der Waals surface area contributed by atoms with Crippen LogP contribution in [-0.4, -0.2) is 50.0 Å². The van der Waals surface area contributed by atoms with E-state index < -0.39 is 18.4 Å². The van der Waals surface area contributed by atoms with Crippen molar-refractivity contribution in [3.05, 3.63) is 42.0 Å². The average Bonchev–Trinajstić information content (AvgIpc) is 2.95. The van der Waals surface area contributed by atoms with Crippen LogP contribution in [0.25, 0.3) is 5.69 Å². The predicted molar refractivity (Wildman–Crippen MR) is 79.7 cm³/mol. The van der Waals surface area contributed by atoms with Crippen LogP contribution >= 0.6 is 0 Å². The van der Waals surface area contributed by atoms with Gasteiger partial charge in [0.25, 0.3) is 5.91 Å². The van der Waals surface area contributed by atoms with Crippen LogP contribution in [0.3, 0.4) is 0 Å². The van der Waals surface area contributed by atoms with Crippen molar-refractivity contribution in [2.75, 3.05) is 13.1 Å². The molecule has 1 aromatic heterocycles. The monoisotopic (exact) mass is 320 g/mol. The molecule has 1 N–H and O–H groups in total. The van der Waals surface area contributed by atoms with Crippen LogP contribution in [0.1, 0.15) is 24.3 Å². The molecule has 0 radical (unpaired) electrons. The molecule has 23 heavy (non-hydrogen) atoms. The summed E-state index contributed by atoms with van der Waals surface area (Å²) < 4.78 is 12.9. The lowest BCUT2D eigenvalue weighted by Gasteiger charge is -2.21. The van der Waals surface area contributed by atoms with Crippen molar-refractivity contribution in [1.29, 1.82) is 0 Å². The van der Waals surface area contributed by atoms with Gasteiger partial charge in [0.15, 0.2) is 5.69 Å². The Hall–Kier alpha value is -2.77. The van der Waals surface area contributed by atoms with Gasteiger partial charge in [-0.2, -0.15) is 9.90 Å². The number of hydrogen-bond acceptors (Lipinski definition) is 4. The SMILES string of the molecule is CC(C)CN(CC(=O)O)C(=O)c1cnn(-c2ccc(F)cc2)n1. The second kappa shape index (κ2) is 6.99. The molecule has 8 heteroatoms. The minimum atomic E-state index is -1.09. The molecule has 1 heterocycles. The number of halogens is 1. The number of amides is 1. The maximum Gasteiger partial charge on any atom is 0.323 e. The van der Waals surface area contributed by atoms with Gasteiger partial charge in [-0.15, -0.1) is 5.10 Å². The zero-order valence-corrected chi connectivity index (χ0v) is 12.8. The Labute approximate surface area is 132 Å². The molecule has 2 rings (SSSR count). The third kappa shape index (κ3) is 4.35. The lowest BCUT2D eigenvalue weighted by molar-refractivity contribution is -0.137. The van der Waals surface area contributed by atoms with E-state index in [1.54, 1.807) is 0 Å². The molecule has 1 amide bonds. The van der Waals surface area contributed by atoms with Crippen molar-refractivity contribution in [3.8, 4) is 5.69 Å². The van der Waals surface area contributed by atoms with Gasteiger partial charge in [0.05, 0.1) is 11.9 Å². The summed E-state index contributed by atoms with van der Waals surface area (Å²) in [6.07, 6.45) is 1.26. The highest BCUT2D eigenvalue weighted by atomic mass is 19.1. The Morgan fingerprint density at radius 1 is 1.30 bits per heavy atom. The molecular formula is C15H17FN4O3. The Morgan fingerprint density at radius 3 is 2.52 bits per heavy atom. The first-order valence-electron chi connectivity index (χ1n) is 7.06. The lowest BCUT2D eigenvalue weighted by atomic mass is 10.2. The van der Waals surface area contributed by atoms with E-state index in [1.165, 1.54) is 40.2 Å². The highest BCUT2D eigenvalue weighted by Crippen LogP contribution is 2.09. The van der Waals surface area contributed by atoms with Gasteiger partial charge in [0.2, 0.25) is 0 Å². The van der Waals surface area contributed by atoms with Crippen molar-refractivity contribution in [2.45, 2.75) is 13.8 Å². The quantitative estimate of drug-likeness (QED) is 0.873. The van der Waals surface area contributed by atoms with E-state index in [-0.39, 0.29) is 17.4 Å². The van der Waals surface area contributed by atoms with Gasteiger partial charge in [-0.3, -0.25) is 9.59 Å². The van der Waals surface area contributed by atoms with Crippen molar-refractivity contribution in [3.63, 3.8) is 0 Å². The minimum Gasteiger partial charge on any atom is -0.480 e. The summed E-state index contributed by atoms with van der Waals surface area (Å²) in [5, 5.41) is 16.9. The van der Waals surface area contributed by atoms with Crippen LogP contribution < -0.4 is 0 Å². The molecule has 0 aliphatic heterocycles. The number of aliphatic carboxylic acids is 1. The van der Waals surface area contributed by atoms with Crippen LogP contribution in [0.2, 0.25) is 0 Å². The molecule has 0 aliphatic rings. The first-order valence-corrected chi connectivity index (χ1v) is 7.06. The van der Waals surface area contributed by atoms with Gasteiger partial charge in [-0.25, -0.2) is 4.39 Å². The minimum absolute atomic E-state index is 0.0382. The van der Waals surface area contributed by atoms with E-state index in [0.29, 0.717) is 12.2 Å². The van der Waals surface area contributed by atoms with Gasteiger partial charge < -0.3 is 10.0 Å². The first-order chi connectivity index (χ1) is 10.9. The Balaban J connectivity index is 2.21. The molecule has 0 fully saturated rings. The molecule has 7 nitrogen and oxygen atoms in total. The van der Waals surface area contributed by atoms with E-state index in [4.69, 9.17) is 5.11 Å². The number of rotatable bonds is 6. The summed E-state index contributed by atoms with van der Waals surface area (Å²) in [5.41, 5.74) is 0.537. The van der Waals surface area contributed by atoms with E-state index >= 15 is 0 Å². The Bertz CT molecular complexity index is 697. The van der Waals surface area contributed by atoms with E-state index in [1.807, 2.05) is 13.8 Å². The summed E-state index contributed by atoms with van der Waals surface area (Å²) >= 11 is 0. The molecule has 0 aliphatic carbocycles. The zero-order chi connectivity index (χ0) is 17.0. The fourth-order valence-electron chi connectivity index (χ4n) is 2.05. The van der Waals surface area contributed by atoms with E-state index in [2.05, 4.69) is 10.2 Å².